The summed E-state index contributed by atoms with van der Waals surface area (Å²) in [6.45, 7) is 1.95. The molecule has 0 aromatic carbocycles. The molecule has 14 heavy (non-hydrogen) atoms. The van der Waals surface area contributed by atoms with Gasteiger partial charge >= 0.3 is 5.97 Å². The summed E-state index contributed by atoms with van der Waals surface area (Å²) in [6.07, 6.45) is 3.88. The van der Waals surface area contributed by atoms with Gasteiger partial charge in [0.15, 0.2) is 0 Å². The van der Waals surface area contributed by atoms with E-state index in [-0.39, 0.29) is 0 Å². The Morgan fingerprint density at radius 2 is 2.43 bits per heavy atom. The lowest BCUT2D eigenvalue weighted by atomic mass is 10.0. The van der Waals surface area contributed by atoms with Crippen LogP contribution in [-0.4, -0.2) is 29.1 Å². The van der Waals surface area contributed by atoms with Crippen molar-refractivity contribution in [1.82, 2.24) is 10.3 Å². The van der Waals surface area contributed by atoms with E-state index in [0.717, 1.165) is 11.1 Å². The number of hydrogen-bond donors (Lipinski definition) is 2. The maximum atomic E-state index is 10.8. The first-order chi connectivity index (χ1) is 6.65. The molecule has 0 bridgehead atoms. The van der Waals surface area contributed by atoms with Crippen molar-refractivity contribution in [2.75, 3.05) is 7.05 Å². The molecule has 0 fully saturated rings. The molecule has 1 aromatic rings. The van der Waals surface area contributed by atoms with Crippen molar-refractivity contribution >= 4 is 5.97 Å². The minimum absolute atomic E-state index is 0.464. The maximum absolute atomic E-state index is 10.8. The number of aryl methyl sites for hydroxylation is 1. The zero-order chi connectivity index (χ0) is 10.6. The average molecular weight is 194 g/mol. The quantitative estimate of drug-likeness (QED) is 0.737. The summed E-state index contributed by atoms with van der Waals surface area (Å²) in [5.41, 5.74) is 2.04. The Kier molecular flexibility index (Phi) is 3.59. The van der Waals surface area contributed by atoms with Gasteiger partial charge in [0.05, 0.1) is 0 Å². The third kappa shape index (κ3) is 2.53. The molecule has 4 nitrogen and oxygen atoms in total. The fourth-order valence-corrected chi connectivity index (χ4v) is 1.24. The van der Waals surface area contributed by atoms with E-state index in [0.29, 0.717) is 6.42 Å². The van der Waals surface area contributed by atoms with Crippen molar-refractivity contribution in [3.63, 3.8) is 0 Å². The first kappa shape index (κ1) is 10.7. The van der Waals surface area contributed by atoms with Crippen molar-refractivity contribution in [3.05, 3.63) is 29.6 Å². The van der Waals surface area contributed by atoms with Crippen molar-refractivity contribution in [1.29, 1.82) is 0 Å². The molecule has 1 heterocycles. The summed E-state index contributed by atoms with van der Waals surface area (Å²) in [7, 11) is 1.64. The smallest absolute Gasteiger partial charge is 0.321 e. The number of carboxylic acid groups (broad SMARTS) is 1. The third-order valence-electron chi connectivity index (χ3n) is 2.22. The Morgan fingerprint density at radius 1 is 1.71 bits per heavy atom. The summed E-state index contributed by atoms with van der Waals surface area (Å²) < 4.78 is 0. The SMILES string of the molecule is CN[C@@H](Cc1cnccc1C)C(=O)O. The van der Waals surface area contributed by atoms with E-state index in [1.807, 2.05) is 13.0 Å². The number of nitrogens with zero attached hydrogens (tertiary/aromatic N) is 1. The molecule has 1 rings (SSSR count). The van der Waals surface area contributed by atoms with Gasteiger partial charge in [-0.05, 0) is 31.2 Å². The van der Waals surface area contributed by atoms with Gasteiger partial charge in [-0.1, -0.05) is 0 Å². The number of aromatic nitrogens is 1. The van der Waals surface area contributed by atoms with Gasteiger partial charge in [-0.25, -0.2) is 0 Å². The van der Waals surface area contributed by atoms with Gasteiger partial charge in [0.1, 0.15) is 6.04 Å². The lowest BCUT2D eigenvalue weighted by Gasteiger charge is -2.12. The fraction of sp³-hybridized carbons (Fsp3) is 0.400. The number of nitrogens with one attached hydrogen (secondary N) is 1. The second-order valence-electron chi connectivity index (χ2n) is 3.19. The molecule has 1 atom stereocenters. The summed E-state index contributed by atoms with van der Waals surface area (Å²) in [6, 6.07) is 1.34. The van der Waals surface area contributed by atoms with Gasteiger partial charge in [-0.2, -0.15) is 0 Å². The minimum atomic E-state index is -0.837. The number of hydrogen-bond acceptors (Lipinski definition) is 3. The molecule has 0 aliphatic carbocycles. The van der Waals surface area contributed by atoms with Crippen LogP contribution in [0.4, 0.5) is 0 Å². The lowest BCUT2D eigenvalue weighted by molar-refractivity contribution is -0.139. The molecule has 0 aliphatic heterocycles. The molecule has 0 spiro atoms. The number of pyridine rings is 1. The standard InChI is InChI=1S/C10H14N2O2/c1-7-3-4-12-6-8(7)5-9(11-2)10(13)14/h3-4,6,9,11H,5H2,1-2H3,(H,13,14)/t9-/m0/s1. The molecule has 2 N–H and O–H groups in total. The normalized spacial score (nSPS) is 12.4. The van der Waals surface area contributed by atoms with E-state index in [4.69, 9.17) is 5.11 Å². The topological polar surface area (TPSA) is 62.2 Å². The second kappa shape index (κ2) is 4.72. The highest BCUT2D eigenvalue weighted by Crippen LogP contribution is 2.07. The van der Waals surface area contributed by atoms with Crippen molar-refractivity contribution in [2.45, 2.75) is 19.4 Å². The van der Waals surface area contributed by atoms with E-state index < -0.39 is 12.0 Å². The van der Waals surface area contributed by atoms with Gasteiger partial charge in [0.25, 0.3) is 0 Å². The Morgan fingerprint density at radius 3 is 2.93 bits per heavy atom. The molecule has 0 saturated heterocycles. The number of carbonyl (C=O) groups is 1. The van der Waals surface area contributed by atoms with Gasteiger partial charge in [0, 0.05) is 18.8 Å². The second-order valence-corrected chi connectivity index (χ2v) is 3.19. The Bertz CT molecular complexity index is 326. The molecule has 4 heteroatoms. The highest BCUT2D eigenvalue weighted by molar-refractivity contribution is 5.73. The predicted molar refractivity (Wildman–Crippen MR) is 53.2 cm³/mol. The first-order valence-electron chi connectivity index (χ1n) is 4.44. The highest BCUT2D eigenvalue weighted by Gasteiger charge is 2.15. The molecule has 0 saturated carbocycles. The van der Waals surface area contributed by atoms with Crippen LogP contribution in [0.2, 0.25) is 0 Å². The Labute approximate surface area is 83.0 Å². The van der Waals surface area contributed by atoms with Crippen LogP contribution in [0.25, 0.3) is 0 Å². The van der Waals surface area contributed by atoms with E-state index in [1.165, 1.54) is 0 Å². The molecule has 1 aromatic heterocycles. The summed E-state index contributed by atoms with van der Waals surface area (Å²) >= 11 is 0. The van der Waals surface area contributed by atoms with Gasteiger partial charge in [-0.15, -0.1) is 0 Å². The van der Waals surface area contributed by atoms with Gasteiger partial charge in [-0.3, -0.25) is 9.78 Å². The van der Waals surface area contributed by atoms with Crippen LogP contribution < -0.4 is 5.32 Å². The van der Waals surface area contributed by atoms with Gasteiger partial charge in [0.2, 0.25) is 0 Å². The van der Waals surface area contributed by atoms with Crippen LogP contribution in [0.15, 0.2) is 18.5 Å². The predicted octanol–water partition coefficient (Wildman–Crippen LogP) is 0.605. The van der Waals surface area contributed by atoms with Crippen molar-refractivity contribution < 1.29 is 9.90 Å². The van der Waals surface area contributed by atoms with E-state index in [9.17, 15) is 4.79 Å². The zero-order valence-corrected chi connectivity index (χ0v) is 8.32. The molecule has 0 aliphatic rings. The molecule has 0 unspecified atom stereocenters. The Balaban J connectivity index is 2.77. The fourth-order valence-electron chi connectivity index (χ4n) is 1.24. The number of carboxylic acids is 1. The van der Waals surface area contributed by atoms with Crippen molar-refractivity contribution in [2.24, 2.45) is 0 Å². The van der Waals surface area contributed by atoms with Crippen LogP contribution in [0.3, 0.4) is 0 Å². The highest BCUT2D eigenvalue weighted by atomic mass is 16.4. The Hall–Kier alpha value is -1.42. The minimum Gasteiger partial charge on any atom is -0.480 e. The molecule has 0 amide bonds. The largest absolute Gasteiger partial charge is 0.480 e. The average Bonchev–Trinajstić information content (AvgIpc) is 2.16. The van der Waals surface area contributed by atoms with E-state index in [2.05, 4.69) is 10.3 Å². The molecular formula is C10H14N2O2. The number of aliphatic carboxylic acids is 1. The van der Waals surface area contributed by atoms with Crippen molar-refractivity contribution in [3.8, 4) is 0 Å². The summed E-state index contributed by atoms with van der Waals surface area (Å²) in [5, 5.41) is 11.6. The summed E-state index contributed by atoms with van der Waals surface area (Å²) in [4.78, 5) is 14.7. The van der Waals surface area contributed by atoms with Crippen LogP contribution in [0.1, 0.15) is 11.1 Å². The molecule has 0 radical (unpaired) electrons. The lowest BCUT2D eigenvalue weighted by Crippen LogP contribution is -2.35. The maximum Gasteiger partial charge on any atom is 0.321 e. The monoisotopic (exact) mass is 194 g/mol. The first-order valence-corrected chi connectivity index (χ1v) is 4.44. The van der Waals surface area contributed by atoms with Crippen LogP contribution >= 0.6 is 0 Å². The van der Waals surface area contributed by atoms with Crippen LogP contribution in [0, 0.1) is 6.92 Å². The molecule has 76 valence electrons. The van der Waals surface area contributed by atoms with Crippen LogP contribution in [0.5, 0.6) is 0 Å². The number of rotatable bonds is 4. The number of likely N-dealkylation sites (N-methyl/N-ethyl adjacent to an activating group) is 1. The third-order valence-corrected chi connectivity index (χ3v) is 2.22. The zero-order valence-electron chi connectivity index (χ0n) is 8.32. The molecular weight excluding hydrogens is 180 g/mol. The van der Waals surface area contributed by atoms with Gasteiger partial charge < -0.3 is 10.4 Å². The van der Waals surface area contributed by atoms with E-state index >= 15 is 0 Å². The summed E-state index contributed by atoms with van der Waals surface area (Å²) in [5.74, 6) is -0.837. The van der Waals surface area contributed by atoms with E-state index in [1.54, 1.807) is 19.4 Å². The van der Waals surface area contributed by atoms with Crippen LogP contribution in [-0.2, 0) is 11.2 Å².